The first kappa shape index (κ1) is 27.2. The molecule has 188 valence electrons. The minimum absolute atomic E-state index is 0.0198. The summed E-state index contributed by atoms with van der Waals surface area (Å²) in [6.07, 6.45) is 0.435. The third-order valence-corrected chi connectivity index (χ3v) is 5.24. The minimum atomic E-state index is -1.03. The zero-order chi connectivity index (χ0) is 25.6. The highest BCUT2D eigenvalue weighted by Gasteiger charge is 2.35. The maximum atomic E-state index is 14.1. The number of rotatable bonds is 9. The van der Waals surface area contributed by atoms with E-state index in [9.17, 15) is 28.0 Å². The van der Waals surface area contributed by atoms with Gasteiger partial charge >= 0.3 is 11.9 Å². The Morgan fingerprint density at radius 2 is 1.88 bits per heavy atom. The fraction of sp³-hybridized carbons (Fsp3) is 0.583. The molecule has 10 heteroatoms. The van der Waals surface area contributed by atoms with Crippen molar-refractivity contribution in [2.45, 2.75) is 78.1 Å². The van der Waals surface area contributed by atoms with Gasteiger partial charge in [-0.15, -0.1) is 0 Å². The number of nitrogens with zero attached hydrogens (tertiary/aromatic N) is 1. The topological polar surface area (TPSA) is 102 Å². The Bertz CT molecular complexity index is 929. The number of hydrogen-bond acceptors (Lipinski definition) is 6. The van der Waals surface area contributed by atoms with E-state index >= 15 is 0 Å². The van der Waals surface area contributed by atoms with Crippen molar-refractivity contribution in [1.29, 1.82) is 0 Å². The van der Waals surface area contributed by atoms with Crippen molar-refractivity contribution < 1.29 is 37.4 Å². The predicted octanol–water partition coefficient (Wildman–Crippen LogP) is 2.87. The second-order valence-corrected chi connectivity index (χ2v) is 9.61. The van der Waals surface area contributed by atoms with Crippen LogP contribution in [0, 0.1) is 17.6 Å². The molecule has 0 bridgehead atoms. The molecule has 0 spiro atoms. The van der Waals surface area contributed by atoms with E-state index < -0.39 is 53.8 Å². The number of halogens is 2. The molecule has 1 saturated heterocycles. The van der Waals surface area contributed by atoms with Gasteiger partial charge in [0.15, 0.2) is 18.2 Å². The highest BCUT2D eigenvalue weighted by atomic mass is 19.2. The summed E-state index contributed by atoms with van der Waals surface area (Å²) in [6.45, 7) is 7.72. The van der Waals surface area contributed by atoms with Crippen molar-refractivity contribution >= 4 is 23.8 Å². The smallest absolute Gasteiger partial charge is 0.344 e. The maximum absolute atomic E-state index is 14.1. The number of amides is 2. The molecule has 0 radical (unpaired) electrons. The third-order valence-electron chi connectivity index (χ3n) is 5.24. The molecule has 2 rings (SSSR count). The lowest BCUT2D eigenvalue weighted by Crippen LogP contribution is -2.47. The molecule has 1 heterocycles. The van der Waals surface area contributed by atoms with Crippen LogP contribution < -0.4 is 5.32 Å². The number of carbonyl (C=O) groups is 4. The van der Waals surface area contributed by atoms with Gasteiger partial charge in [-0.1, -0.05) is 26.0 Å². The van der Waals surface area contributed by atoms with E-state index in [1.165, 1.54) is 17.0 Å². The molecule has 1 aromatic carbocycles. The lowest BCUT2D eigenvalue weighted by molar-refractivity contribution is -0.168. The van der Waals surface area contributed by atoms with Crippen molar-refractivity contribution in [2.24, 2.45) is 5.92 Å². The number of likely N-dealkylation sites (tertiary alicyclic amines) is 1. The van der Waals surface area contributed by atoms with E-state index in [2.05, 4.69) is 5.32 Å². The Morgan fingerprint density at radius 3 is 2.50 bits per heavy atom. The summed E-state index contributed by atoms with van der Waals surface area (Å²) in [5.41, 5.74) is -0.708. The lowest BCUT2D eigenvalue weighted by Gasteiger charge is -2.26. The number of ether oxygens (including phenoxy) is 2. The molecule has 1 fully saturated rings. The number of benzene rings is 1. The summed E-state index contributed by atoms with van der Waals surface area (Å²) in [7, 11) is 0. The second-order valence-electron chi connectivity index (χ2n) is 9.61. The highest BCUT2D eigenvalue weighted by molar-refractivity contribution is 5.87. The van der Waals surface area contributed by atoms with Crippen LogP contribution in [0.15, 0.2) is 18.2 Å². The zero-order valence-corrected chi connectivity index (χ0v) is 20.2. The minimum Gasteiger partial charge on any atom is -0.457 e. The van der Waals surface area contributed by atoms with Crippen molar-refractivity contribution in [3.63, 3.8) is 0 Å². The molecular weight excluding hydrogens is 450 g/mol. The summed E-state index contributed by atoms with van der Waals surface area (Å²) in [5.74, 6) is -4.63. The van der Waals surface area contributed by atoms with E-state index in [1.807, 2.05) is 0 Å². The molecule has 1 aliphatic rings. The normalized spacial score (nSPS) is 17.0. The number of esters is 2. The van der Waals surface area contributed by atoms with Gasteiger partial charge in [-0.3, -0.25) is 9.59 Å². The van der Waals surface area contributed by atoms with Crippen LogP contribution in [-0.2, 0) is 35.2 Å². The van der Waals surface area contributed by atoms with Gasteiger partial charge in [0, 0.05) is 31.0 Å². The average Bonchev–Trinajstić information content (AvgIpc) is 3.05. The average molecular weight is 483 g/mol. The van der Waals surface area contributed by atoms with Crippen molar-refractivity contribution in [3.8, 4) is 0 Å². The van der Waals surface area contributed by atoms with Gasteiger partial charge in [0.2, 0.25) is 11.8 Å². The summed E-state index contributed by atoms with van der Waals surface area (Å²) in [5, 5.41) is 2.60. The van der Waals surface area contributed by atoms with Crippen molar-refractivity contribution in [1.82, 2.24) is 10.2 Å². The molecule has 2 amide bonds. The highest BCUT2D eigenvalue weighted by Crippen LogP contribution is 2.25. The first-order valence-electron chi connectivity index (χ1n) is 11.2. The standard InChI is InChI=1S/C24H32F2N2O6/c1-14(2)22(23(32)33-13-20(31)34-24(3,4)5)27-18(29)11-16-9-10-19(30)28(16)12-15-7-6-8-17(25)21(15)26/h6-8,14,16,22H,9-13H2,1-5H3,(H,27,29)/t16-,22-/m0/s1. The molecule has 2 atom stereocenters. The van der Waals surface area contributed by atoms with E-state index in [-0.39, 0.29) is 36.8 Å². The van der Waals surface area contributed by atoms with Crippen LogP contribution in [0.4, 0.5) is 8.78 Å². The number of nitrogens with one attached hydrogen (secondary N) is 1. The van der Waals surface area contributed by atoms with Crippen LogP contribution >= 0.6 is 0 Å². The Balaban J connectivity index is 1.97. The van der Waals surface area contributed by atoms with Crippen LogP contribution in [0.5, 0.6) is 0 Å². The molecular formula is C24H32F2N2O6. The fourth-order valence-corrected chi connectivity index (χ4v) is 3.61. The first-order chi connectivity index (χ1) is 15.8. The van der Waals surface area contributed by atoms with Gasteiger partial charge in [0.05, 0.1) is 0 Å². The van der Waals surface area contributed by atoms with Crippen LogP contribution in [0.3, 0.4) is 0 Å². The molecule has 0 aliphatic carbocycles. The van der Waals surface area contributed by atoms with Gasteiger partial charge in [-0.05, 0) is 39.2 Å². The molecule has 8 nitrogen and oxygen atoms in total. The van der Waals surface area contributed by atoms with Crippen molar-refractivity contribution in [2.75, 3.05) is 6.61 Å². The summed E-state index contributed by atoms with van der Waals surface area (Å²) in [4.78, 5) is 50.6. The zero-order valence-electron chi connectivity index (χ0n) is 20.2. The summed E-state index contributed by atoms with van der Waals surface area (Å²) in [6, 6.07) is 2.19. The molecule has 0 unspecified atom stereocenters. The molecule has 0 aromatic heterocycles. The van der Waals surface area contributed by atoms with Gasteiger partial charge in [-0.2, -0.15) is 0 Å². The van der Waals surface area contributed by atoms with Crippen LogP contribution in [0.1, 0.15) is 59.4 Å². The molecule has 0 saturated carbocycles. The molecule has 34 heavy (non-hydrogen) atoms. The summed E-state index contributed by atoms with van der Waals surface area (Å²) < 4.78 is 37.7. The quantitative estimate of drug-likeness (QED) is 0.543. The molecule has 1 aliphatic heterocycles. The van der Waals surface area contributed by atoms with Crippen LogP contribution in [0.25, 0.3) is 0 Å². The number of hydrogen-bond donors (Lipinski definition) is 1. The Labute approximate surface area is 198 Å². The van der Waals surface area contributed by atoms with Gasteiger partial charge in [0.25, 0.3) is 0 Å². The van der Waals surface area contributed by atoms with Crippen LogP contribution in [-0.4, -0.2) is 52.9 Å². The molecule has 1 N–H and O–H groups in total. The van der Waals surface area contributed by atoms with E-state index in [0.29, 0.717) is 6.42 Å². The van der Waals surface area contributed by atoms with Gasteiger partial charge in [0.1, 0.15) is 11.6 Å². The maximum Gasteiger partial charge on any atom is 0.344 e. The van der Waals surface area contributed by atoms with Crippen LogP contribution in [0.2, 0.25) is 0 Å². The van der Waals surface area contributed by atoms with E-state index in [4.69, 9.17) is 9.47 Å². The molecule has 1 aromatic rings. The largest absolute Gasteiger partial charge is 0.457 e. The van der Waals surface area contributed by atoms with Crippen molar-refractivity contribution in [3.05, 3.63) is 35.4 Å². The monoisotopic (exact) mass is 482 g/mol. The lowest BCUT2D eigenvalue weighted by atomic mass is 10.0. The Kier molecular flexibility index (Phi) is 9.12. The van der Waals surface area contributed by atoms with Gasteiger partial charge < -0.3 is 19.7 Å². The predicted molar refractivity (Wildman–Crippen MR) is 118 cm³/mol. The SMILES string of the molecule is CC(C)[C@H](NC(=O)C[C@@H]1CCC(=O)N1Cc1cccc(F)c1F)C(=O)OCC(=O)OC(C)(C)C. The summed E-state index contributed by atoms with van der Waals surface area (Å²) >= 11 is 0. The Morgan fingerprint density at radius 1 is 1.21 bits per heavy atom. The first-order valence-corrected chi connectivity index (χ1v) is 11.2. The van der Waals surface area contributed by atoms with E-state index in [1.54, 1.807) is 34.6 Å². The van der Waals surface area contributed by atoms with Gasteiger partial charge in [-0.25, -0.2) is 18.4 Å². The second kappa shape index (κ2) is 11.4. The third kappa shape index (κ3) is 7.78. The Hall–Kier alpha value is -3.04. The van der Waals surface area contributed by atoms with E-state index in [0.717, 1.165) is 6.07 Å². The number of carbonyl (C=O) groups excluding carboxylic acids is 4. The fourth-order valence-electron chi connectivity index (χ4n) is 3.61.